The number of aliphatic carboxylic acids is 1. The number of hydrogen-bond donors (Lipinski definition) is 1. The molecule has 19 heavy (non-hydrogen) atoms. The standard InChI is InChI=1S/C12H13IN4O2/c1-12(2,11(18)19)7-17-10(14-15-16-17)8-4-3-5-9(13)6-8/h3-6H,7H2,1-2H3,(H,18,19). The van der Waals surface area contributed by atoms with E-state index in [2.05, 4.69) is 38.1 Å². The van der Waals surface area contributed by atoms with Crippen LogP contribution in [0.3, 0.4) is 0 Å². The summed E-state index contributed by atoms with van der Waals surface area (Å²) in [6.45, 7) is 3.52. The Balaban J connectivity index is 2.36. The first-order valence-electron chi connectivity index (χ1n) is 5.66. The fraction of sp³-hybridized carbons (Fsp3) is 0.333. The lowest BCUT2D eigenvalue weighted by molar-refractivity contribution is -0.147. The average molecular weight is 372 g/mol. The minimum atomic E-state index is -0.925. The molecule has 2 rings (SSSR count). The van der Waals surface area contributed by atoms with Crippen LogP contribution in [0.2, 0.25) is 0 Å². The van der Waals surface area contributed by atoms with E-state index in [1.54, 1.807) is 13.8 Å². The van der Waals surface area contributed by atoms with E-state index in [4.69, 9.17) is 5.11 Å². The lowest BCUT2D eigenvalue weighted by atomic mass is 9.94. The van der Waals surface area contributed by atoms with Crippen LogP contribution in [0.15, 0.2) is 24.3 Å². The van der Waals surface area contributed by atoms with Crippen molar-refractivity contribution >= 4 is 28.6 Å². The van der Waals surface area contributed by atoms with Gasteiger partial charge in [-0.1, -0.05) is 12.1 Å². The number of nitrogens with zero attached hydrogens (tertiary/aromatic N) is 4. The van der Waals surface area contributed by atoms with Gasteiger partial charge in [-0.3, -0.25) is 4.79 Å². The molecule has 0 saturated heterocycles. The van der Waals surface area contributed by atoms with Gasteiger partial charge in [0.1, 0.15) is 0 Å². The summed E-state index contributed by atoms with van der Waals surface area (Å²) < 4.78 is 2.60. The molecule has 0 aliphatic heterocycles. The van der Waals surface area contributed by atoms with Crippen LogP contribution < -0.4 is 0 Å². The van der Waals surface area contributed by atoms with Gasteiger partial charge < -0.3 is 5.11 Å². The van der Waals surface area contributed by atoms with Crippen LogP contribution in [0.4, 0.5) is 0 Å². The Labute approximate surface area is 124 Å². The van der Waals surface area contributed by atoms with Crippen LogP contribution in [0, 0.1) is 8.99 Å². The number of benzene rings is 1. The molecule has 7 heteroatoms. The fourth-order valence-electron chi connectivity index (χ4n) is 1.59. The van der Waals surface area contributed by atoms with Gasteiger partial charge in [0.15, 0.2) is 5.82 Å². The van der Waals surface area contributed by atoms with E-state index in [-0.39, 0.29) is 6.54 Å². The maximum atomic E-state index is 11.2. The Hall–Kier alpha value is -1.51. The number of carboxylic acid groups (broad SMARTS) is 1. The van der Waals surface area contributed by atoms with Gasteiger partial charge in [0.2, 0.25) is 0 Å². The van der Waals surface area contributed by atoms with Gasteiger partial charge in [-0.05, 0) is 59.0 Å². The van der Waals surface area contributed by atoms with Crippen molar-refractivity contribution in [3.63, 3.8) is 0 Å². The molecule has 1 N–H and O–H groups in total. The van der Waals surface area contributed by atoms with Crippen molar-refractivity contribution in [1.82, 2.24) is 20.2 Å². The molecule has 0 atom stereocenters. The highest BCUT2D eigenvalue weighted by molar-refractivity contribution is 14.1. The molecule has 0 unspecified atom stereocenters. The molecule has 0 radical (unpaired) electrons. The van der Waals surface area contributed by atoms with Crippen molar-refractivity contribution in [1.29, 1.82) is 0 Å². The summed E-state index contributed by atoms with van der Waals surface area (Å²) in [6.07, 6.45) is 0. The van der Waals surface area contributed by atoms with E-state index in [0.29, 0.717) is 5.82 Å². The minimum absolute atomic E-state index is 0.218. The third-order valence-electron chi connectivity index (χ3n) is 2.74. The molecule has 0 aliphatic carbocycles. The molecule has 1 heterocycles. The van der Waals surface area contributed by atoms with Crippen molar-refractivity contribution in [2.24, 2.45) is 5.41 Å². The molecule has 0 saturated carbocycles. The van der Waals surface area contributed by atoms with Crippen LogP contribution in [0.1, 0.15) is 13.8 Å². The Bertz CT molecular complexity index is 609. The third kappa shape index (κ3) is 3.09. The van der Waals surface area contributed by atoms with Gasteiger partial charge in [0.25, 0.3) is 0 Å². The Kier molecular flexibility index (Phi) is 3.83. The number of carboxylic acids is 1. The van der Waals surface area contributed by atoms with Crippen molar-refractivity contribution in [2.75, 3.05) is 0 Å². The zero-order valence-electron chi connectivity index (χ0n) is 10.5. The fourth-order valence-corrected chi connectivity index (χ4v) is 2.13. The number of aromatic nitrogens is 4. The van der Waals surface area contributed by atoms with E-state index in [1.807, 2.05) is 24.3 Å². The van der Waals surface area contributed by atoms with Crippen LogP contribution in [0.25, 0.3) is 11.4 Å². The number of tetrazole rings is 1. The van der Waals surface area contributed by atoms with Crippen molar-refractivity contribution in [2.45, 2.75) is 20.4 Å². The molecular formula is C12H13IN4O2. The number of carbonyl (C=O) groups is 1. The molecule has 0 fully saturated rings. The SMILES string of the molecule is CC(C)(Cn1nnnc1-c1cccc(I)c1)C(=O)O. The predicted molar refractivity (Wildman–Crippen MR) is 77.4 cm³/mol. The largest absolute Gasteiger partial charge is 0.481 e. The smallest absolute Gasteiger partial charge is 0.310 e. The highest BCUT2D eigenvalue weighted by atomic mass is 127. The quantitative estimate of drug-likeness (QED) is 0.831. The van der Waals surface area contributed by atoms with Gasteiger partial charge >= 0.3 is 5.97 Å². The van der Waals surface area contributed by atoms with E-state index < -0.39 is 11.4 Å². The molecule has 1 aromatic heterocycles. The minimum Gasteiger partial charge on any atom is -0.481 e. The summed E-state index contributed by atoms with van der Waals surface area (Å²) in [5, 5.41) is 20.7. The summed E-state index contributed by atoms with van der Waals surface area (Å²) in [5.41, 5.74) is -0.0513. The van der Waals surface area contributed by atoms with E-state index in [9.17, 15) is 4.79 Å². The highest BCUT2D eigenvalue weighted by Crippen LogP contribution is 2.23. The second kappa shape index (κ2) is 5.24. The number of rotatable bonds is 4. The van der Waals surface area contributed by atoms with Crippen molar-refractivity contribution in [3.05, 3.63) is 27.8 Å². The molecule has 0 spiro atoms. The third-order valence-corrected chi connectivity index (χ3v) is 3.41. The monoisotopic (exact) mass is 372 g/mol. The summed E-state index contributed by atoms with van der Waals surface area (Å²) in [4.78, 5) is 11.2. The Morgan fingerprint density at radius 3 is 2.84 bits per heavy atom. The summed E-state index contributed by atoms with van der Waals surface area (Å²) >= 11 is 2.21. The first kappa shape index (κ1) is 13.9. The molecule has 1 aromatic carbocycles. The normalized spacial score (nSPS) is 11.5. The van der Waals surface area contributed by atoms with Gasteiger partial charge in [-0.25, -0.2) is 4.68 Å². The van der Waals surface area contributed by atoms with Crippen LogP contribution in [0.5, 0.6) is 0 Å². The van der Waals surface area contributed by atoms with E-state index >= 15 is 0 Å². The molecule has 0 bridgehead atoms. The molecule has 6 nitrogen and oxygen atoms in total. The van der Waals surface area contributed by atoms with Gasteiger partial charge in [-0.2, -0.15) is 0 Å². The zero-order chi connectivity index (χ0) is 14.0. The lowest BCUT2D eigenvalue weighted by Gasteiger charge is -2.19. The van der Waals surface area contributed by atoms with Crippen LogP contribution >= 0.6 is 22.6 Å². The Morgan fingerprint density at radius 2 is 2.21 bits per heavy atom. The first-order valence-corrected chi connectivity index (χ1v) is 6.73. The first-order chi connectivity index (χ1) is 8.90. The van der Waals surface area contributed by atoms with Crippen molar-refractivity contribution < 1.29 is 9.90 Å². The summed E-state index contributed by atoms with van der Waals surface area (Å²) in [7, 11) is 0. The summed E-state index contributed by atoms with van der Waals surface area (Å²) in [6, 6.07) is 7.74. The van der Waals surface area contributed by atoms with E-state index in [1.165, 1.54) is 4.68 Å². The molecular weight excluding hydrogens is 359 g/mol. The molecule has 100 valence electrons. The molecule has 2 aromatic rings. The second-order valence-electron chi connectivity index (χ2n) is 4.86. The topological polar surface area (TPSA) is 80.9 Å². The van der Waals surface area contributed by atoms with Crippen molar-refractivity contribution in [3.8, 4) is 11.4 Å². The maximum absolute atomic E-state index is 11.2. The molecule has 0 amide bonds. The average Bonchev–Trinajstić information content (AvgIpc) is 2.76. The zero-order valence-corrected chi connectivity index (χ0v) is 12.7. The van der Waals surface area contributed by atoms with Crippen LogP contribution in [-0.2, 0) is 11.3 Å². The van der Waals surface area contributed by atoms with Crippen LogP contribution in [-0.4, -0.2) is 31.3 Å². The Morgan fingerprint density at radius 1 is 1.47 bits per heavy atom. The maximum Gasteiger partial charge on any atom is 0.310 e. The van der Waals surface area contributed by atoms with E-state index in [0.717, 1.165) is 9.13 Å². The van der Waals surface area contributed by atoms with Gasteiger partial charge in [0, 0.05) is 9.13 Å². The van der Waals surface area contributed by atoms with Gasteiger partial charge in [0.05, 0.1) is 12.0 Å². The van der Waals surface area contributed by atoms with Gasteiger partial charge in [-0.15, -0.1) is 5.10 Å². The predicted octanol–water partition coefficient (Wildman–Crippen LogP) is 2.06. The second-order valence-corrected chi connectivity index (χ2v) is 6.11. The number of halogens is 1. The molecule has 0 aliphatic rings. The number of hydrogen-bond acceptors (Lipinski definition) is 4. The lowest BCUT2D eigenvalue weighted by Crippen LogP contribution is -2.30. The highest BCUT2D eigenvalue weighted by Gasteiger charge is 2.29. The summed E-state index contributed by atoms with van der Waals surface area (Å²) in [5.74, 6) is -0.301.